The molecule has 1 aromatic carbocycles. The van der Waals surface area contributed by atoms with Gasteiger partial charge in [-0.1, -0.05) is 6.07 Å². The van der Waals surface area contributed by atoms with Crippen LogP contribution in [0.3, 0.4) is 0 Å². The van der Waals surface area contributed by atoms with Crippen molar-refractivity contribution in [1.82, 2.24) is 14.5 Å². The summed E-state index contributed by atoms with van der Waals surface area (Å²) in [4.78, 5) is 12.6. The predicted molar refractivity (Wildman–Crippen MR) is 107 cm³/mol. The molecule has 2 aromatic rings. The van der Waals surface area contributed by atoms with E-state index in [2.05, 4.69) is 21.2 Å². The molecule has 2 amide bonds. The van der Waals surface area contributed by atoms with Crippen LogP contribution in [-0.2, 0) is 42.3 Å². The Balaban J connectivity index is 1.41. The highest BCUT2D eigenvalue weighted by Gasteiger charge is 2.31. The molecule has 8 nitrogen and oxygen atoms in total. The van der Waals surface area contributed by atoms with Crippen molar-refractivity contribution in [3.63, 3.8) is 0 Å². The lowest BCUT2D eigenvalue weighted by atomic mass is 9.99. The number of benzene rings is 1. The van der Waals surface area contributed by atoms with Crippen LogP contribution in [0.4, 0.5) is 10.5 Å². The number of anilines is 1. The van der Waals surface area contributed by atoms with E-state index in [0.717, 1.165) is 61.8 Å². The normalized spacial score (nSPS) is 19.8. The van der Waals surface area contributed by atoms with Crippen LogP contribution in [0.2, 0.25) is 0 Å². The Hall–Kier alpha value is -2.55. The summed E-state index contributed by atoms with van der Waals surface area (Å²) >= 11 is 0. The number of fused-ring (bicyclic) bond motifs is 3. The molecule has 3 aliphatic rings. The summed E-state index contributed by atoms with van der Waals surface area (Å²) in [7, 11) is -4.10. The molecule has 0 bridgehead atoms. The van der Waals surface area contributed by atoms with Crippen LogP contribution >= 0.6 is 0 Å². The lowest BCUT2D eigenvalue weighted by Crippen LogP contribution is -2.35. The molecule has 1 atom stereocenters. The van der Waals surface area contributed by atoms with Crippen molar-refractivity contribution >= 4 is 21.7 Å². The largest absolute Gasteiger partial charge is 0.474 e. The summed E-state index contributed by atoms with van der Waals surface area (Å²) in [6.07, 6.45) is 7.85. The number of urea groups is 1. The number of amides is 2. The van der Waals surface area contributed by atoms with Gasteiger partial charge < -0.3 is 10.1 Å². The van der Waals surface area contributed by atoms with Crippen molar-refractivity contribution in [3.8, 4) is 5.88 Å². The molecule has 1 aliphatic heterocycles. The fourth-order valence-corrected chi connectivity index (χ4v) is 5.63. The van der Waals surface area contributed by atoms with Gasteiger partial charge >= 0.3 is 6.03 Å². The number of aromatic nitrogens is 2. The molecular weight excluding hydrogens is 392 g/mol. The van der Waals surface area contributed by atoms with Crippen molar-refractivity contribution in [3.05, 3.63) is 34.5 Å². The number of carbonyl (C=O) groups excluding carboxylic acids is 1. The minimum atomic E-state index is -4.10. The van der Waals surface area contributed by atoms with Crippen LogP contribution in [0.25, 0.3) is 0 Å². The number of aryl methyl sites for hydroxylation is 3. The standard InChI is InChI=1S/C20H24N4O4S/c1-12-8-9-24-19(28-12)17(11-21-24)29(26,27)23-20(25)22-18-15-6-2-4-13(15)10-14-5-3-7-16(14)18/h10-12H,2-9H2,1H3,(H2,22,23,25). The molecule has 0 saturated heterocycles. The lowest BCUT2D eigenvalue weighted by Gasteiger charge is -2.22. The number of nitrogens with one attached hydrogen (secondary N) is 2. The summed E-state index contributed by atoms with van der Waals surface area (Å²) in [5, 5.41) is 6.94. The van der Waals surface area contributed by atoms with E-state index < -0.39 is 16.1 Å². The van der Waals surface area contributed by atoms with Gasteiger partial charge in [0.15, 0.2) is 4.90 Å². The van der Waals surface area contributed by atoms with Crippen LogP contribution in [0.15, 0.2) is 17.2 Å². The third-order valence-corrected chi connectivity index (χ3v) is 7.36. The molecule has 9 heteroatoms. The van der Waals surface area contributed by atoms with E-state index in [1.165, 1.54) is 22.0 Å². The maximum Gasteiger partial charge on any atom is 0.333 e. The summed E-state index contributed by atoms with van der Waals surface area (Å²) in [5.41, 5.74) is 5.66. The monoisotopic (exact) mass is 416 g/mol. The Morgan fingerprint density at radius 1 is 1.17 bits per heavy atom. The number of carbonyl (C=O) groups is 1. The van der Waals surface area contributed by atoms with Crippen LogP contribution in [0.1, 0.15) is 48.4 Å². The first-order valence-electron chi connectivity index (χ1n) is 10.1. The van der Waals surface area contributed by atoms with Crippen LogP contribution in [0, 0.1) is 0 Å². The van der Waals surface area contributed by atoms with Gasteiger partial charge in [0, 0.05) is 18.7 Å². The molecule has 29 heavy (non-hydrogen) atoms. The zero-order valence-corrected chi connectivity index (χ0v) is 17.1. The van der Waals surface area contributed by atoms with Crippen molar-refractivity contribution in [2.45, 2.75) is 69.4 Å². The number of ether oxygens (including phenoxy) is 1. The van der Waals surface area contributed by atoms with Crippen molar-refractivity contribution in [2.75, 3.05) is 5.32 Å². The molecular formula is C20H24N4O4S. The maximum atomic E-state index is 12.8. The van der Waals surface area contributed by atoms with Gasteiger partial charge in [0.05, 0.1) is 12.3 Å². The molecule has 5 rings (SSSR count). The van der Waals surface area contributed by atoms with E-state index >= 15 is 0 Å². The zero-order valence-electron chi connectivity index (χ0n) is 16.3. The van der Waals surface area contributed by atoms with Gasteiger partial charge in [0.1, 0.15) is 0 Å². The number of rotatable bonds is 3. The van der Waals surface area contributed by atoms with Gasteiger partial charge in [-0.3, -0.25) is 0 Å². The van der Waals surface area contributed by atoms with Crippen LogP contribution in [-0.4, -0.2) is 30.3 Å². The third kappa shape index (κ3) is 3.17. The SMILES string of the molecule is CC1CCn2ncc(S(=O)(=O)NC(=O)Nc3c4c(cc5c3CCC5)CCC4)c2O1. The second-order valence-corrected chi connectivity index (χ2v) is 9.70. The minimum Gasteiger partial charge on any atom is -0.474 e. The molecule has 2 heterocycles. The molecule has 2 N–H and O–H groups in total. The van der Waals surface area contributed by atoms with Gasteiger partial charge in [0.2, 0.25) is 5.88 Å². The Labute approximate surface area is 169 Å². The van der Waals surface area contributed by atoms with E-state index in [-0.39, 0.29) is 16.9 Å². The molecule has 154 valence electrons. The fraction of sp³-hybridized carbons (Fsp3) is 0.500. The second kappa shape index (κ2) is 6.76. The van der Waals surface area contributed by atoms with Crippen LogP contribution < -0.4 is 14.8 Å². The highest BCUT2D eigenvalue weighted by atomic mass is 32.2. The smallest absolute Gasteiger partial charge is 0.333 e. The Morgan fingerprint density at radius 3 is 2.55 bits per heavy atom. The first kappa shape index (κ1) is 18.5. The third-order valence-electron chi connectivity index (χ3n) is 6.05. The van der Waals surface area contributed by atoms with Gasteiger partial charge in [0.25, 0.3) is 10.0 Å². The molecule has 1 aromatic heterocycles. The van der Waals surface area contributed by atoms with E-state index in [0.29, 0.717) is 6.54 Å². The number of hydrogen-bond acceptors (Lipinski definition) is 5. The first-order valence-corrected chi connectivity index (χ1v) is 11.6. The first-order chi connectivity index (χ1) is 13.9. The van der Waals surface area contributed by atoms with Crippen LogP contribution in [0.5, 0.6) is 5.88 Å². The zero-order chi connectivity index (χ0) is 20.2. The van der Waals surface area contributed by atoms with Crippen molar-refractivity contribution < 1.29 is 17.9 Å². The Morgan fingerprint density at radius 2 is 1.86 bits per heavy atom. The summed E-state index contributed by atoms with van der Waals surface area (Å²) < 4.78 is 35.0. The van der Waals surface area contributed by atoms with Gasteiger partial charge in [-0.05, 0) is 67.7 Å². The van der Waals surface area contributed by atoms with E-state index in [4.69, 9.17) is 4.74 Å². The molecule has 0 spiro atoms. The quantitative estimate of drug-likeness (QED) is 0.801. The number of hydrogen-bond donors (Lipinski definition) is 2. The summed E-state index contributed by atoms with van der Waals surface area (Å²) in [6.45, 7) is 2.46. The Bertz CT molecular complexity index is 1070. The molecule has 0 saturated carbocycles. The van der Waals surface area contributed by atoms with Gasteiger partial charge in [-0.2, -0.15) is 5.10 Å². The van der Waals surface area contributed by atoms with Crippen molar-refractivity contribution in [2.24, 2.45) is 0 Å². The minimum absolute atomic E-state index is 0.100. The second-order valence-electron chi connectivity index (χ2n) is 8.05. The highest BCUT2D eigenvalue weighted by molar-refractivity contribution is 7.90. The number of sulfonamides is 1. The lowest BCUT2D eigenvalue weighted by molar-refractivity contribution is 0.144. The molecule has 0 fully saturated rings. The average Bonchev–Trinajstić information content (AvgIpc) is 3.39. The van der Waals surface area contributed by atoms with Gasteiger partial charge in [-0.15, -0.1) is 0 Å². The predicted octanol–water partition coefficient (Wildman–Crippen LogP) is 2.54. The summed E-state index contributed by atoms with van der Waals surface area (Å²) in [5.74, 6) is 0.186. The number of nitrogens with zero attached hydrogens (tertiary/aromatic N) is 2. The maximum absolute atomic E-state index is 12.8. The topological polar surface area (TPSA) is 102 Å². The summed E-state index contributed by atoms with van der Waals surface area (Å²) in [6, 6.07) is 1.52. The molecule has 0 radical (unpaired) electrons. The van der Waals surface area contributed by atoms with Crippen molar-refractivity contribution in [1.29, 1.82) is 0 Å². The van der Waals surface area contributed by atoms with E-state index in [1.807, 2.05) is 6.92 Å². The van der Waals surface area contributed by atoms with E-state index in [1.54, 1.807) is 0 Å². The fourth-order valence-electron chi connectivity index (χ4n) is 4.66. The highest BCUT2D eigenvalue weighted by Crippen LogP contribution is 2.38. The molecule has 1 unspecified atom stereocenters. The molecule has 2 aliphatic carbocycles. The van der Waals surface area contributed by atoms with Gasteiger partial charge in [-0.25, -0.2) is 22.6 Å². The van der Waals surface area contributed by atoms with E-state index in [9.17, 15) is 13.2 Å². The Kier molecular flexibility index (Phi) is 4.31. The average molecular weight is 417 g/mol.